The molecular weight excluding hydrogens is 328 g/mol. The first-order valence-corrected chi connectivity index (χ1v) is 8.71. The van der Waals surface area contributed by atoms with Crippen molar-refractivity contribution in [2.24, 2.45) is 0 Å². The summed E-state index contributed by atoms with van der Waals surface area (Å²) in [7, 11) is 0. The molecule has 1 unspecified atom stereocenters. The number of benzene rings is 1. The summed E-state index contributed by atoms with van der Waals surface area (Å²) in [5.74, 6) is 0.433. The molecule has 1 amide bonds. The number of hydrogen-bond acceptors (Lipinski definition) is 4. The van der Waals surface area contributed by atoms with Gasteiger partial charge in [0.25, 0.3) is 5.91 Å². The minimum atomic E-state index is -0.328. The highest BCUT2D eigenvalue weighted by Crippen LogP contribution is 2.21. The van der Waals surface area contributed by atoms with E-state index in [1.165, 1.54) is 0 Å². The molecule has 26 heavy (non-hydrogen) atoms. The Kier molecular flexibility index (Phi) is 6.56. The minimum Gasteiger partial charge on any atom is -0.469 e. The van der Waals surface area contributed by atoms with E-state index >= 15 is 0 Å². The van der Waals surface area contributed by atoms with Crippen molar-refractivity contribution in [3.63, 3.8) is 0 Å². The fourth-order valence-electron chi connectivity index (χ4n) is 2.77. The number of nitrogens with one attached hydrogen (secondary N) is 1. The number of hydrogen-bond donors (Lipinski definition) is 1. The third-order valence-electron chi connectivity index (χ3n) is 4.10. The van der Waals surface area contributed by atoms with Gasteiger partial charge in [-0.15, -0.1) is 0 Å². The highest BCUT2D eigenvalue weighted by Gasteiger charge is 2.21. The topological polar surface area (TPSA) is 64.4 Å². The van der Waals surface area contributed by atoms with Gasteiger partial charge in [-0.05, 0) is 42.2 Å². The third-order valence-corrected chi connectivity index (χ3v) is 4.10. The number of nitrogens with zero attached hydrogens (tertiary/aromatic N) is 1. The molecule has 0 aliphatic carbocycles. The number of hydroxylamine groups is 1. The van der Waals surface area contributed by atoms with Crippen LogP contribution in [0.5, 0.6) is 0 Å². The molecule has 1 aromatic carbocycles. The number of rotatable bonds is 9. The van der Waals surface area contributed by atoms with Crippen LogP contribution in [0.25, 0.3) is 0 Å². The van der Waals surface area contributed by atoms with Crippen LogP contribution in [0, 0.1) is 0 Å². The van der Waals surface area contributed by atoms with E-state index in [4.69, 9.17) is 9.25 Å². The lowest BCUT2D eigenvalue weighted by Crippen LogP contribution is -2.31. The standard InChI is InChI=1S/C21H22N2O3/c24-21(23-26-14-6-11-19-10-5-13-25-19)20(18-8-2-1-3-9-18)15-17-7-4-12-22-16-17/h1-5,7-10,12-13,16,20H,6,11,14-15H2,(H,23,24). The third kappa shape index (κ3) is 5.29. The summed E-state index contributed by atoms with van der Waals surface area (Å²) in [5, 5.41) is 0. The van der Waals surface area contributed by atoms with Crippen molar-refractivity contribution in [3.8, 4) is 0 Å². The second-order valence-electron chi connectivity index (χ2n) is 6.03. The zero-order valence-corrected chi connectivity index (χ0v) is 14.5. The van der Waals surface area contributed by atoms with Crippen LogP contribution in [0.4, 0.5) is 0 Å². The molecule has 3 aromatic rings. The molecule has 2 heterocycles. The molecule has 1 atom stereocenters. The molecular formula is C21H22N2O3. The van der Waals surface area contributed by atoms with E-state index in [1.54, 1.807) is 18.7 Å². The zero-order chi connectivity index (χ0) is 18.0. The summed E-state index contributed by atoms with van der Waals surface area (Å²) in [6.45, 7) is 0.431. The molecule has 5 heteroatoms. The Balaban J connectivity index is 1.54. The number of carbonyl (C=O) groups excluding carboxylic acids is 1. The molecule has 0 fully saturated rings. The highest BCUT2D eigenvalue weighted by molar-refractivity contribution is 5.83. The highest BCUT2D eigenvalue weighted by atomic mass is 16.6. The van der Waals surface area contributed by atoms with Crippen LogP contribution in [0.3, 0.4) is 0 Å². The van der Waals surface area contributed by atoms with E-state index in [-0.39, 0.29) is 11.8 Å². The van der Waals surface area contributed by atoms with Crippen molar-refractivity contribution >= 4 is 5.91 Å². The predicted molar refractivity (Wildman–Crippen MR) is 98.2 cm³/mol. The SMILES string of the molecule is O=C(NOCCCc1ccco1)C(Cc1cccnc1)c1ccccc1. The van der Waals surface area contributed by atoms with Crippen molar-refractivity contribution in [1.82, 2.24) is 10.5 Å². The van der Waals surface area contributed by atoms with Crippen LogP contribution in [-0.2, 0) is 22.5 Å². The van der Waals surface area contributed by atoms with Crippen molar-refractivity contribution in [1.29, 1.82) is 0 Å². The van der Waals surface area contributed by atoms with Gasteiger partial charge in [0.1, 0.15) is 5.76 Å². The van der Waals surface area contributed by atoms with Crippen molar-refractivity contribution in [2.45, 2.75) is 25.2 Å². The second kappa shape index (κ2) is 9.53. The van der Waals surface area contributed by atoms with Gasteiger partial charge in [-0.2, -0.15) is 0 Å². The second-order valence-corrected chi connectivity index (χ2v) is 6.03. The van der Waals surface area contributed by atoms with Gasteiger partial charge >= 0.3 is 0 Å². The monoisotopic (exact) mass is 350 g/mol. The van der Waals surface area contributed by atoms with Gasteiger partial charge in [-0.3, -0.25) is 14.6 Å². The van der Waals surface area contributed by atoms with Crippen LogP contribution in [0.15, 0.2) is 77.7 Å². The molecule has 0 spiro atoms. The molecule has 0 saturated heterocycles. The van der Waals surface area contributed by atoms with Crippen LogP contribution >= 0.6 is 0 Å². The van der Waals surface area contributed by atoms with Gasteiger partial charge in [0.15, 0.2) is 0 Å². The first kappa shape index (κ1) is 17.9. The fourth-order valence-corrected chi connectivity index (χ4v) is 2.77. The summed E-state index contributed by atoms with van der Waals surface area (Å²) in [4.78, 5) is 22.2. The van der Waals surface area contributed by atoms with Gasteiger partial charge in [0, 0.05) is 18.8 Å². The number of aromatic nitrogens is 1. The molecule has 1 N–H and O–H groups in total. The molecule has 0 aliphatic rings. The van der Waals surface area contributed by atoms with E-state index in [9.17, 15) is 4.79 Å². The number of aryl methyl sites for hydroxylation is 1. The predicted octanol–water partition coefficient (Wildman–Crippen LogP) is 3.68. The summed E-state index contributed by atoms with van der Waals surface area (Å²) in [5.41, 5.74) is 4.55. The number of furan rings is 1. The van der Waals surface area contributed by atoms with Crippen LogP contribution in [-0.4, -0.2) is 17.5 Å². The molecule has 0 aliphatic heterocycles. The van der Waals surface area contributed by atoms with E-state index in [2.05, 4.69) is 10.5 Å². The minimum absolute atomic E-state index is 0.155. The maximum atomic E-state index is 12.7. The quantitative estimate of drug-likeness (QED) is 0.472. The van der Waals surface area contributed by atoms with Crippen molar-refractivity contribution < 1.29 is 14.0 Å². The molecule has 2 aromatic heterocycles. The fraction of sp³-hybridized carbons (Fsp3) is 0.238. The van der Waals surface area contributed by atoms with Gasteiger partial charge in [0.2, 0.25) is 0 Å². The lowest BCUT2D eigenvalue weighted by atomic mass is 9.92. The summed E-state index contributed by atoms with van der Waals surface area (Å²) >= 11 is 0. The average molecular weight is 350 g/mol. The van der Waals surface area contributed by atoms with Crippen LogP contribution < -0.4 is 5.48 Å². The summed E-state index contributed by atoms with van der Waals surface area (Å²) in [6.07, 6.45) is 7.28. The van der Waals surface area contributed by atoms with Gasteiger partial charge in [0.05, 0.1) is 18.8 Å². The Hall–Kier alpha value is -2.92. The van der Waals surface area contributed by atoms with Gasteiger partial charge in [-0.25, -0.2) is 5.48 Å². The molecule has 0 radical (unpaired) electrons. The Morgan fingerprint density at radius 3 is 2.73 bits per heavy atom. The Labute approximate surface area is 153 Å². The van der Waals surface area contributed by atoms with E-state index in [1.807, 2.05) is 54.6 Å². The maximum absolute atomic E-state index is 12.7. The Morgan fingerprint density at radius 2 is 2.00 bits per heavy atom. The average Bonchev–Trinajstić information content (AvgIpc) is 3.21. The molecule has 0 saturated carbocycles. The van der Waals surface area contributed by atoms with Crippen molar-refractivity contribution in [3.05, 3.63) is 90.1 Å². The first-order chi connectivity index (χ1) is 12.8. The smallest absolute Gasteiger partial charge is 0.251 e. The molecule has 0 bridgehead atoms. The summed E-state index contributed by atoms with van der Waals surface area (Å²) in [6, 6.07) is 17.4. The Morgan fingerprint density at radius 1 is 1.12 bits per heavy atom. The lowest BCUT2D eigenvalue weighted by Gasteiger charge is -2.17. The largest absolute Gasteiger partial charge is 0.469 e. The van der Waals surface area contributed by atoms with Gasteiger partial charge < -0.3 is 4.42 Å². The van der Waals surface area contributed by atoms with Gasteiger partial charge in [-0.1, -0.05) is 36.4 Å². The molecule has 5 nitrogen and oxygen atoms in total. The van der Waals surface area contributed by atoms with Crippen LogP contribution in [0.2, 0.25) is 0 Å². The first-order valence-electron chi connectivity index (χ1n) is 8.71. The Bertz CT molecular complexity index is 774. The van der Waals surface area contributed by atoms with E-state index in [0.29, 0.717) is 13.0 Å². The van der Waals surface area contributed by atoms with E-state index in [0.717, 1.165) is 29.7 Å². The normalized spacial score (nSPS) is 11.8. The number of amides is 1. The molecule has 3 rings (SSSR count). The number of carbonyl (C=O) groups is 1. The lowest BCUT2D eigenvalue weighted by molar-refractivity contribution is -0.135. The maximum Gasteiger partial charge on any atom is 0.251 e. The zero-order valence-electron chi connectivity index (χ0n) is 14.5. The molecule has 134 valence electrons. The van der Waals surface area contributed by atoms with Crippen LogP contribution in [0.1, 0.15) is 29.2 Å². The van der Waals surface area contributed by atoms with E-state index < -0.39 is 0 Å². The van der Waals surface area contributed by atoms with Crippen molar-refractivity contribution in [2.75, 3.05) is 6.61 Å². The summed E-state index contributed by atoms with van der Waals surface area (Å²) < 4.78 is 5.27. The number of pyridine rings is 1.